The Morgan fingerprint density at radius 3 is 2.52 bits per heavy atom. The summed E-state index contributed by atoms with van der Waals surface area (Å²) >= 11 is 0. The molecule has 0 radical (unpaired) electrons. The van der Waals surface area contributed by atoms with Crippen LogP contribution in [0, 0.1) is 10.1 Å². The molecule has 0 bridgehead atoms. The van der Waals surface area contributed by atoms with Crippen molar-refractivity contribution < 1.29 is 28.8 Å². The van der Waals surface area contributed by atoms with Gasteiger partial charge in [-0.05, 0) is 6.92 Å². The number of piperazine rings is 1. The average Bonchev–Trinajstić information content (AvgIpc) is 3.14. The number of carbonyl (C=O) groups is 1. The maximum atomic E-state index is 11.3. The molecule has 1 amide bonds. The molecule has 0 aromatic carbocycles. The highest BCUT2D eigenvalue weighted by molar-refractivity contribution is 5.82. The van der Waals surface area contributed by atoms with Gasteiger partial charge < -0.3 is 9.57 Å². The van der Waals surface area contributed by atoms with Crippen LogP contribution in [0.1, 0.15) is 34.6 Å². The van der Waals surface area contributed by atoms with Gasteiger partial charge >= 0.3 is 12.0 Å². The Hall–Kier alpha value is -2.63. The molecule has 2 heterocycles. The van der Waals surface area contributed by atoms with Gasteiger partial charge in [0.1, 0.15) is 6.61 Å². The van der Waals surface area contributed by atoms with Crippen molar-refractivity contribution in [2.45, 2.75) is 34.6 Å². The monoisotopic (exact) mass is 391 g/mol. The van der Waals surface area contributed by atoms with Crippen molar-refractivity contribution in [3.8, 4) is 0 Å². The highest BCUT2D eigenvalue weighted by atomic mass is 16.9. The summed E-state index contributed by atoms with van der Waals surface area (Å²) in [6, 6.07) is 0. The number of amides is 1. The third-order valence-corrected chi connectivity index (χ3v) is 3.20. The maximum absolute atomic E-state index is 11.3. The van der Waals surface area contributed by atoms with Crippen molar-refractivity contribution in [2.75, 3.05) is 56.3 Å². The van der Waals surface area contributed by atoms with E-state index in [4.69, 9.17) is 9.26 Å². The van der Waals surface area contributed by atoms with Crippen LogP contribution in [-0.2, 0) is 9.57 Å². The van der Waals surface area contributed by atoms with E-state index in [1.807, 2.05) is 32.7 Å². The Labute approximate surface area is 159 Å². The van der Waals surface area contributed by atoms with Crippen molar-refractivity contribution in [3.05, 3.63) is 16.3 Å². The number of ether oxygens (including phenoxy) is 1. The third kappa shape index (κ3) is 9.58. The lowest BCUT2D eigenvalue weighted by molar-refractivity contribution is -0.760. The van der Waals surface area contributed by atoms with Gasteiger partial charge in [0.25, 0.3) is 11.3 Å². The van der Waals surface area contributed by atoms with Crippen LogP contribution in [0.15, 0.2) is 10.7 Å². The summed E-state index contributed by atoms with van der Waals surface area (Å²) in [5, 5.41) is 17.5. The second-order valence-electron chi connectivity index (χ2n) is 4.68. The molecule has 1 saturated heterocycles. The van der Waals surface area contributed by atoms with Crippen LogP contribution in [0.5, 0.6) is 0 Å². The minimum atomic E-state index is -0.792. The number of hydrogen-bond donors (Lipinski definition) is 1. The Kier molecular flexibility index (Phi) is 13.1. The van der Waals surface area contributed by atoms with Crippen LogP contribution in [0.3, 0.4) is 0 Å². The molecule has 0 saturated carbocycles. The molecule has 1 aromatic rings. The molecule has 12 nitrogen and oxygen atoms in total. The van der Waals surface area contributed by atoms with Crippen molar-refractivity contribution in [3.63, 3.8) is 0 Å². The summed E-state index contributed by atoms with van der Waals surface area (Å²) in [6.07, 6.45) is 0.939. The number of nitrogens with one attached hydrogen (secondary N) is 1. The minimum Gasteiger partial charge on any atom is -0.450 e. The molecule has 0 atom stereocenters. The quantitative estimate of drug-likeness (QED) is 0.412. The zero-order valence-corrected chi connectivity index (χ0v) is 16.7. The van der Waals surface area contributed by atoms with Gasteiger partial charge in [0, 0.05) is 19.6 Å². The fourth-order valence-corrected chi connectivity index (χ4v) is 2.10. The third-order valence-electron chi connectivity index (χ3n) is 3.20. The van der Waals surface area contributed by atoms with Gasteiger partial charge in [-0.1, -0.05) is 27.7 Å². The van der Waals surface area contributed by atoms with Gasteiger partial charge in [0.15, 0.2) is 0 Å². The number of nitrogens with zero attached hydrogens (tertiary/aromatic N) is 5. The Bertz CT molecular complexity index is 533. The van der Waals surface area contributed by atoms with Crippen molar-refractivity contribution in [1.82, 2.24) is 10.2 Å². The molecule has 156 valence electrons. The first kappa shape index (κ1) is 24.4. The average molecular weight is 391 g/mol. The normalized spacial score (nSPS) is 13.4. The lowest BCUT2D eigenvalue weighted by Crippen LogP contribution is -2.65. The van der Waals surface area contributed by atoms with E-state index in [0.29, 0.717) is 32.7 Å². The molecule has 1 fully saturated rings. The van der Waals surface area contributed by atoms with E-state index in [0.717, 1.165) is 0 Å². The lowest BCUT2D eigenvalue weighted by atomic mass is 10.3. The summed E-state index contributed by atoms with van der Waals surface area (Å²) in [6.45, 7) is 13.3. The Morgan fingerprint density at radius 2 is 1.96 bits per heavy atom. The molecule has 27 heavy (non-hydrogen) atoms. The second-order valence-corrected chi connectivity index (χ2v) is 4.68. The molecule has 1 aliphatic rings. The summed E-state index contributed by atoms with van der Waals surface area (Å²) in [4.78, 5) is 29.2. The van der Waals surface area contributed by atoms with Gasteiger partial charge in [-0.2, -0.15) is 5.01 Å². The number of hydrogen-bond acceptors (Lipinski definition) is 9. The molecule has 2 rings (SSSR count). The number of rotatable bonds is 7. The zero-order chi connectivity index (χ0) is 20.7. The van der Waals surface area contributed by atoms with E-state index in [2.05, 4.69) is 20.3 Å². The van der Waals surface area contributed by atoms with Gasteiger partial charge in [-0.25, -0.2) is 4.79 Å². The van der Waals surface area contributed by atoms with Gasteiger partial charge in [0.05, 0.1) is 24.5 Å². The zero-order valence-electron chi connectivity index (χ0n) is 16.7. The maximum Gasteiger partial charge on any atom is 0.414 e. The fraction of sp³-hybridized carbons (Fsp3) is 0.800. The molecule has 1 aromatic heterocycles. The van der Waals surface area contributed by atoms with Crippen LogP contribution >= 0.6 is 0 Å². The molecule has 0 spiro atoms. The van der Waals surface area contributed by atoms with Gasteiger partial charge in [-0.15, -0.1) is 10.1 Å². The van der Waals surface area contributed by atoms with Crippen LogP contribution in [-0.4, -0.2) is 67.3 Å². The first-order chi connectivity index (χ1) is 13.1. The van der Waals surface area contributed by atoms with E-state index in [9.17, 15) is 14.9 Å². The van der Waals surface area contributed by atoms with Crippen LogP contribution in [0.2, 0.25) is 0 Å². The first-order valence-electron chi connectivity index (χ1n) is 9.16. The van der Waals surface area contributed by atoms with Gasteiger partial charge in [0.2, 0.25) is 5.27 Å². The second kappa shape index (κ2) is 14.5. The molecular formula is C15H31N6O6+. The minimum absolute atomic E-state index is 0.0533. The topological polar surface area (TPSA) is 127 Å². The summed E-state index contributed by atoms with van der Waals surface area (Å²) in [5.74, 6) is 0.185. The van der Waals surface area contributed by atoms with Crippen molar-refractivity contribution in [2.24, 2.45) is 0 Å². The highest BCUT2D eigenvalue weighted by Crippen LogP contribution is 2.03. The van der Waals surface area contributed by atoms with E-state index in [-0.39, 0.29) is 19.1 Å². The molecule has 12 heteroatoms. The standard InChI is InChI=1S/C11H18N6O6.2C2H6/c1-2-21-11(18)12-10-9-16(13-23-10)15-5-3-14(4-6-15)7-8-22-17(19)20;2*1-2/h9H,2-8H2,1H3;2*1-2H3/p+1. The van der Waals surface area contributed by atoms with E-state index < -0.39 is 11.2 Å². The Morgan fingerprint density at radius 1 is 1.33 bits per heavy atom. The van der Waals surface area contributed by atoms with Gasteiger partial charge in [-0.3, -0.25) is 14.7 Å². The predicted molar refractivity (Wildman–Crippen MR) is 97.4 cm³/mol. The molecular weight excluding hydrogens is 360 g/mol. The van der Waals surface area contributed by atoms with Crippen LogP contribution in [0.25, 0.3) is 0 Å². The number of aromatic nitrogens is 2. The first-order valence-corrected chi connectivity index (χ1v) is 9.16. The van der Waals surface area contributed by atoms with Crippen molar-refractivity contribution in [1.29, 1.82) is 0 Å². The van der Waals surface area contributed by atoms with E-state index >= 15 is 0 Å². The Balaban J connectivity index is 0.00000158. The van der Waals surface area contributed by atoms with Crippen LogP contribution < -0.4 is 15.1 Å². The van der Waals surface area contributed by atoms with E-state index in [1.54, 1.807) is 13.1 Å². The van der Waals surface area contributed by atoms with Crippen molar-refractivity contribution >= 4 is 12.0 Å². The van der Waals surface area contributed by atoms with Crippen LogP contribution in [0.4, 0.5) is 10.7 Å². The number of anilines is 1. The summed E-state index contributed by atoms with van der Waals surface area (Å²) < 4.78 is 9.75. The molecule has 1 N–H and O–H groups in total. The molecule has 0 aliphatic carbocycles. The fourth-order valence-electron chi connectivity index (χ4n) is 2.10. The van der Waals surface area contributed by atoms with E-state index in [1.165, 1.54) is 4.79 Å². The smallest absolute Gasteiger partial charge is 0.414 e. The SMILES string of the molecule is CC.CC.CCOC(=O)Nc1c[n+](N2CCN(CCO[N+](=O)[O-])CC2)no1. The summed E-state index contributed by atoms with van der Waals surface area (Å²) in [7, 11) is 0. The largest absolute Gasteiger partial charge is 0.450 e. The molecule has 1 aliphatic heterocycles. The lowest BCUT2D eigenvalue weighted by Gasteiger charge is -2.29. The molecule has 0 unspecified atom stereocenters. The summed E-state index contributed by atoms with van der Waals surface area (Å²) in [5.41, 5.74) is 0. The predicted octanol–water partition coefficient (Wildman–Crippen LogP) is 1.04. The highest BCUT2D eigenvalue weighted by Gasteiger charge is 2.26. The number of carbonyl (C=O) groups excluding carboxylic acids is 1.